The molecule has 1 heterocycles. The zero-order valence-electron chi connectivity index (χ0n) is 28.7. The van der Waals surface area contributed by atoms with E-state index >= 15 is 0 Å². The summed E-state index contributed by atoms with van der Waals surface area (Å²) in [4.78, 5) is 43.7. The van der Waals surface area contributed by atoms with Crippen LogP contribution < -0.4 is 10.1 Å². The lowest BCUT2D eigenvalue weighted by Crippen LogP contribution is -2.30. The number of unbranched alkanes of at least 4 members (excludes halogenated alkanes) is 2. The molecule has 0 atom stereocenters. The molecule has 0 fully saturated rings. The van der Waals surface area contributed by atoms with Crippen molar-refractivity contribution >= 4 is 34.7 Å². The highest BCUT2D eigenvalue weighted by Crippen LogP contribution is 2.31. The quantitative estimate of drug-likeness (QED) is 0.112. The van der Waals surface area contributed by atoms with Gasteiger partial charge in [-0.2, -0.15) is 13.2 Å². The summed E-state index contributed by atoms with van der Waals surface area (Å²) in [6.45, 7) is 2.33. The number of benzene rings is 3. The molecule has 2 amide bonds. The Kier molecular flexibility index (Phi) is 13.0. The van der Waals surface area contributed by atoms with Crippen LogP contribution in [-0.4, -0.2) is 39.4 Å². The topological polar surface area (TPSA) is 109 Å². The number of carboxylic acids is 1. The summed E-state index contributed by atoms with van der Waals surface area (Å²) in [6.07, 6.45) is 4.98. The highest BCUT2D eigenvalue weighted by molar-refractivity contribution is 7.10. The first-order chi connectivity index (χ1) is 25.0. The predicted octanol–water partition coefficient (Wildman–Crippen LogP) is 8.62. The molecular formula is C40H40F3N3O5S. The van der Waals surface area contributed by atoms with E-state index in [1.165, 1.54) is 41.1 Å². The van der Waals surface area contributed by atoms with Crippen LogP contribution in [0.1, 0.15) is 82.3 Å². The Bertz CT molecular complexity index is 1900. The third-order valence-corrected chi connectivity index (χ3v) is 9.54. The summed E-state index contributed by atoms with van der Waals surface area (Å²) in [5.41, 5.74) is 4.54. The van der Waals surface area contributed by atoms with Crippen LogP contribution in [-0.2, 0) is 41.8 Å². The molecule has 1 aliphatic rings. The maximum absolute atomic E-state index is 13.6. The fraction of sp³-hybridized carbons (Fsp3) is 0.300. The number of carbonyl (C=O) groups excluding carboxylic acids is 2. The highest BCUT2D eigenvalue weighted by atomic mass is 32.1. The summed E-state index contributed by atoms with van der Waals surface area (Å²) < 4.78 is 44.7. The van der Waals surface area contributed by atoms with Gasteiger partial charge < -0.3 is 20.1 Å². The summed E-state index contributed by atoms with van der Waals surface area (Å²) in [5, 5.41) is 14.5. The van der Waals surface area contributed by atoms with Crippen molar-refractivity contribution in [2.24, 2.45) is 0 Å². The Morgan fingerprint density at radius 1 is 0.885 bits per heavy atom. The average Bonchev–Trinajstić information content (AvgIpc) is 3.62. The van der Waals surface area contributed by atoms with Crippen LogP contribution in [0.3, 0.4) is 0 Å². The van der Waals surface area contributed by atoms with Crippen molar-refractivity contribution in [1.29, 1.82) is 0 Å². The second-order valence-electron chi connectivity index (χ2n) is 12.5. The van der Waals surface area contributed by atoms with Gasteiger partial charge in [0.2, 0.25) is 5.91 Å². The largest absolute Gasteiger partial charge is 0.482 e. The zero-order valence-corrected chi connectivity index (χ0v) is 29.6. The number of aromatic nitrogens is 1. The van der Waals surface area contributed by atoms with Crippen molar-refractivity contribution < 1.29 is 37.4 Å². The van der Waals surface area contributed by atoms with Crippen LogP contribution in [0, 0.1) is 0 Å². The first-order valence-corrected chi connectivity index (χ1v) is 18.0. The molecule has 0 bridgehead atoms. The molecule has 4 aromatic rings. The smallest absolute Gasteiger partial charge is 0.416 e. The fourth-order valence-electron chi connectivity index (χ4n) is 5.67. The van der Waals surface area contributed by atoms with Crippen molar-refractivity contribution in [3.8, 4) is 5.75 Å². The minimum atomic E-state index is -4.53. The van der Waals surface area contributed by atoms with E-state index in [2.05, 4.69) is 36.5 Å². The number of hydrogen-bond acceptors (Lipinski definition) is 6. The molecule has 8 nitrogen and oxygen atoms in total. The van der Waals surface area contributed by atoms with Gasteiger partial charge in [-0.3, -0.25) is 9.59 Å². The average molecular weight is 732 g/mol. The molecule has 0 spiro atoms. The number of amides is 2. The van der Waals surface area contributed by atoms with Gasteiger partial charge in [-0.05, 0) is 84.3 Å². The molecule has 12 heteroatoms. The molecule has 0 saturated carbocycles. The van der Waals surface area contributed by atoms with E-state index < -0.39 is 30.2 Å². The molecule has 52 heavy (non-hydrogen) atoms. The molecule has 0 aliphatic heterocycles. The highest BCUT2D eigenvalue weighted by Gasteiger charge is 2.30. The van der Waals surface area contributed by atoms with Crippen LogP contribution in [0.2, 0.25) is 0 Å². The monoisotopic (exact) mass is 731 g/mol. The third-order valence-electron chi connectivity index (χ3n) is 8.57. The van der Waals surface area contributed by atoms with E-state index in [9.17, 15) is 27.6 Å². The minimum Gasteiger partial charge on any atom is -0.482 e. The van der Waals surface area contributed by atoms with Crippen LogP contribution >= 0.6 is 11.3 Å². The maximum atomic E-state index is 13.6. The fourth-order valence-corrected chi connectivity index (χ4v) is 6.53. The van der Waals surface area contributed by atoms with Crippen molar-refractivity contribution in [3.63, 3.8) is 0 Å². The lowest BCUT2D eigenvalue weighted by atomic mass is 9.98. The number of aliphatic carboxylic acids is 1. The first-order valence-electron chi connectivity index (χ1n) is 17.1. The molecule has 0 radical (unpaired) electrons. The molecular weight excluding hydrogens is 692 g/mol. The summed E-state index contributed by atoms with van der Waals surface area (Å²) in [5.74, 6) is -1.36. The molecule has 1 aliphatic carbocycles. The number of carboxylic acid groups (broad SMARTS) is 1. The van der Waals surface area contributed by atoms with E-state index in [4.69, 9.17) is 14.8 Å². The lowest BCUT2D eigenvalue weighted by molar-refractivity contribution is -0.139. The molecule has 0 unspecified atom stereocenters. The predicted molar refractivity (Wildman–Crippen MR) is 194 cm³/mol. The molecule has 2 N–H and O–H groups in total. The maximum Gasteiger partial charge on any atom is 0.416 e. The second-order valence-corrected chi connectivity index (χ2v) is 13.4. The van der Waals surface area contributed by atoms with Crippen LogP contribution in [0.5, 0.6) is 5.75 Å². The summed E-state index contributed by atoms with van der Waals surface area (Å²) >= 11 is 1.41. The Morgan fingerprint density at radius 3 is 2.21 bits per heavy atom. The van der Waals surface area contributed by atoms with Gasteiger partial charge >= 0.3 is 12.1 Å². The molecule has 3 aromatic carbocycles. The Hall–Kier alpha value is -5.23. The number of halogens is 3. The van der Waals surface area contributed by atoms with Crippen molar-refractivity contribution in [3.05, 3.63) is 134 Å². The number of ether oxygens (including phenoxy) is 1. The Balaban J connectivity index is 1.24. The van der Waals surface area contributed by atoms with Gasteiger partial charge in [-0.1, -0.05) is 68.3 Å². The number of thiazole rings is 1. The van der Waals surface area contributed by atoms with Gasteiger partial charge in [-0.25, -0.2) is 9.78 Å². The van der Waals surface area contributed by atoms with E-state index in [1.54, 1.807) is 24.3 Å². The standard InChI is InChI=1S/C40H40F3N3O5S/c1-2-3-4-5-27-6-8-28(9-7-27)22-44-37(49)30-12-14-31(15-13-30)38-45-34(26-52-38)24-46(23-29-10-20-35(21-11-29)51-25-36(47)48)39(50)32-16-18-33(19-17-32)40(41,42)43/h6-12,14,16-21,26H,2-5,13,15,22-25H2,1H3,(H,44,49)(H,47,48). The minimum absolute atomic E-state index is 0.0874. The number of alkyl halides is 3. The SMILES string of the molecule is CCCCCc1ccc(CNC(=O)C2=CC=C(c3nc(CN(Cc4ccc(OCC(=O)O)cc4)C(=O)c4ccc(C(F)(F)F)cc4)cs3)CC2)cc1. The van der Waals surface area contributed by atoms with Crippen molar-refractivity contribution in [2.45, 2.75) is 71.3 Å². The normalized spacial score (nSPS) is 12.8. The number of rotatable bonds is 16. The molecule has 272 valence electrons. The molecule has 1 aromatic heterocycles. The summed E-state index contributed by atoms with van der Waals surface area (Å²) in [6, 6.07) is 19.0. The van der Waals surface area contributed by atoms with Gasteiger partial charge in [-0.15, -0.1) is 11.3 Å². The lowest BCUT2D eigenvalue weighted by Gasteiger charge is -2.23. The van der Waals surface area contributed by atoms with E-state index in [0.29, 0.717) is 42.0 Å². The zero-order chi connectivity index (χ0) is 37.1. The van der Waals surface area contributed by atoms with Gasteiger partial charge in [0.25, 0.3) is 5.91 Å². The van der Waals surface area contributed by atoms with Crippen molar-refractivity contribution in [1.82, 2.24) is 15.2 Å². The van der Waals surface area contributed by atoms with Crippen LogP contribution in [0.4, 0.5) is 13.2 Å². The van der Waals surface area contributed by atoms with Crippen LogP contribution in [0.25, 0.3) is 5.57 Å². The van der Waals surface area contributed by atoms with E-state index in [0.717, 1.165) is 46.8 Å². The van der Waals surface area contributed by atoms with Gasteiger partial charge in [0.1, 0.15) is 10.8 Å². The number of allylic oxidation sites excluding steroid dienone is 3. The third kappa shape index (κ3) is 10.9. The second kappa shape index (κ2) is 17.8. The number of aryl methyl sites for hydroxylation is 1. The van der Waals surface area contributed by atoms with E-state index in [-0.39, 0.29) is 24.6 Å². The molecule has 5 rings (SSSR count). The van der Waals surface area contributed by atoms with E-state index in [1.807, 2.05) is 17.5 Å². The van der Waals surface area contributed by atoms with Crippen LogP contribution in [0.15, 0.2) is 95.9 Å². The number of nitrogens with one attached hydrogen (secondary N) is 1. The number of carbonyl (C=O) groups is 3. The van der Waals surface area contributed by atoms with Gasteiger partial charge in [0.05, 0.1) is 17.8 Å². The van der Waals surface area contributed by atoms with Crippen molar-refractivity contribution in [2.75, 3.05) is 6.61 Å². The Labute approximate surface area is 304 Å². The Morgan fingerprint density at radius 2 is 1.58 bits per heavy atom. The van der Waals surface area contributed by atoms with Gasteiger partial charge in [0.15, 0.2) is 6.61 Å². The van der Waals surface area contributed by atoms with Gasteiger partial charge in [0, 0.05) is 29.6 Å². The first kappa shape index (κ1) is 38.0. The number of nitrogens with zero attached hydrogens (tertiary/aromatic N) is 2. The summed E-state index contributed by atoms with van der Waals surface area (Å²) in [7, 11) is 0. The number of hydrogen-bond donors (Lipinski definition) is 2. The molecule has 0 saturated heterocycles.